The lowest BCUT2D eigenvalue weighted by atomic mass is 10.0. The van der Waals surface area contributed by atoms with E-state index in [2.05, 4.69) is 30.7 Å². The molecule has 5 N–H and O–H groups in total. The van der Waals surface area contributed by atoms with Gasteiger partial charge in [-0.1, -0.05) is 24.3 Å². The maximum atomic E-state index is 8.78. The molecule has 0 aliphatic heterocycles. The second kappa shape index (κ2) is 7.36. The first-order valence-corrected chi connectivity index (χ1v) is 7.10. The molecule has 22 heavy (non-hydrogen) atoms. The minimum absolute atomic E-state index is 0.496. The molecule has 3 rings (SSSR count). The molecule has 2 heterocycles. The third-order valence-electron chi connectivity index (χ3n) is 2.61. The fourth-order valence-electron chi connectivity index (χ4n) is 1.77. The van der Waals surface area contributed by atoms with E-state index < -0.39 is 11.3 Å². The first-order valence-electron chi connectivity index (χ1n) is 5.96. The van der Waals surface area contributed by atoms with Crippen molar-refractivity contribution in [3.8, 4) is 22.5 Å². The van der Waals surface area contributed by atoms with Gasteiger partial charge in [0.1, 0.15) is 5.82 Å². The minimum atomic E-state index is -2.36. The second-order valence-electron chi connectivity index (χ2n) is 4.01. The molecule has 114 valence electrons. The second-order valence-corrected chi connectivity index (χ2v) is 4.53. The minimum Gasteiger partial charge on any atom is -0.760 e. The van der Waals surface area contributed by atoms with Crippen LogP contribution in [0.4, 0.5) is 5.82 Å². The maximum absolute atomic E-state index is 8.78. The zero-order valence-electron chi connectivity index (χ0n) is 11.2. The summed E-state index contributed by atoms with van der Waals surface area (Å²) < 4.78 is 17.6. The van der Waals surface area contributed by atoms with Gasteiger partial charge in [-0.25, -0.2) is 4.98 Å². The Kier molecular flexibility index (Phi) is 5.25. The van der Waals surface area contributed by atoms with E-state index in [0.29, 0.717) is 11.6 Å². The van der Waals surface area contributed by atoms with Gasteiger partial charge in [-0.3, -0.25) is 9.35 Å². The van der Waals surface area contributed by atoms with Crippen LogP contribution in [0.3, 0.4) is 0 Å². The van der Waals surface area contributed by atoms with Crippen LogP contribution in [-0.2, 0) is 11.3 Å². The van der Waals surface area contributed by atoms with E-state index in [-0.39, 0.29) is 0 Å². The Balaban J connectivity index is 0.000000396. The monoisotopic (exact) mass is 318 g/mol. The van der Waals surface area contributed by atoms with Crippen molar-refractivity contribution in [1.82, 2.24) is 25.6 Å². The highest BCUT2D eigenvalue weighted by Crippen LogP contribution is 2.29. The predicted octanol–water partition coefficient (Wildman–Crippen LogP) is 0.250. The fourth-order valence-corrected chi connectivity index (χ4v) is 1.77. The van der Waals surface area contributed by atoms with Crippen LogP contribution in [0.2, 0.25) is 0 Å². The van der Waals surface area contributed by atoms with E-state index in [9.17, 15) is 0 Å². The third kappa shape index (κ3) is 4.15. The number of hydrogen-bond acceptors (Lipinski definition) is 7. The van der Waals surface area contributed by atoms with Gasteiger partial charge in [0.2, 0.25) is 5.82 Å². The van der Waals surface area contributed by atoms with Crippen LogP contribution < -0.4 is 10.9 Å². The van der Waals surface area contributed by atoms with Gasteiger partial charge >= 0.3 is 0 Å². The van der Waals surface area contributed by atoms with Crippen LogP contribution in [0.25, 0.3) is 22.5 Å². The highest BCUT2D eigenvalue weighted by atomic mass is 32.2. The van der Waals surface area contributed by atoms with E-state index in [0.717, 1.165) is 16.7 Å². The summed E-state index contributed by atoms with van der Waals surface area (Å²) in [6.07, 6.45) is 1.73. The van der Waals surface area contributed by atoms with E-state index in [1.54, 1.807) is 12.3 Å². The van der Waals surface area contributed by atoms with Crippen molar-refractivity contribution >= 4 is 17.1 Å². The molecular formula is C12H12N7O2S-. The number of H-pyrrole nitrogens is 1. The number of rotatable bonds is 2. The van der Waals surface area contributed by atoms with Gasteiger partial charge in [-0.2, -0.15) is 5.21 Å². The summed E-state index contributed by atoms with van der Waals surface area (Å²) in [6, 6.07) is 11.5. The molecule has 0 radical (unpaired) electrons. The van der Waals surface area contributed by atoms with E-state index >= 15 is 0 Å². The molecule has 10 heteroatoms. The molecule has 0 amide bonds. The number of aromatic nitrogens is 5. The third-order valence-corrected chi connectivity index (χ3v) is 2.61. The van der Waals surface area contributed by atoms with Crippen LogP contribution >= 0.6 is 0 Å². The molecule has 9 nitrogen and oxygen atoms in total. The zero-order chi connectivity index (χ0) is 15.9. The quantitative estimate of drug-likeness (QED) is 0.571. The summed E-state index contributed by atoms with van der Waals surface area (Å²) in [6.45, 7) is 0. The molecule has 0 aliphatic carbocycles. The molecule has 0 bridgehead atoms. The normalized spacial score (nSPS) is 11.4. The number of nitrogens with two attached hydrogens (primary N) is 2. The van der Waals surface area contributed by atoms with Gasteiger partial charge in [-0.05, 0) is 22.9 Å². The van der Waals surface area contributed by atoms with Crippen LogP contribution in [0.15, 0.2) is 42.6 Å². The van der Waals surface area contributed by atoms with Crippen LogP contribution in [0.1, 0.15) is 0 Å². The number of nitrogen functional groups attached to an aromatic ring is 1. The Hall–Kier alpha value is -2.69. The Bertz CT molecular complexity index is 742. The van der Waals surface area contributed by atoms with Crippen molar-refractivity contribution in [2.24, 2.45) is 5.14 Å². The summed E-state index contributed by atoms with van der Waals surface area (Å²) in [5.41, 5.74) is 8.44. The Morgan fingerprint density at radius 1 is 1.14 bits per heavy atom. The molecule has 0 fully saturated rings. The molecule has 1 atom stereocenters. The van der Waals surface area contributed by atoms with Gasteiger partial charge in [-0.15, -0.1) is 10.2 Å². The number of anilines is 1. The SMILES string of the molecule is NS(=O)[O-].Nc1ccc(-c2ccccc2-c2nn[nH]n2)cn1. The van der Waals surface area contributed by atoms with E-state index in [4.69, 9.17) is 14.5 Å². The zero-order valence-corrected chi connectivity index (χ0v) is 12.0. The van der Waals surface area contributed by atoms with E-state index in [1.165, 1.54) is 0 Å². The summed E-state index contributed by atoms with van der Waals surface area (Å²) in [5.74, 6) is 1.05. The molecule has 0 saturated carbocycles. The topological polar surface area (TPSA) is 160 Å². The number of nitrogens with zero attached hydrogens (tertiary/aromatic N) is 4. The number of pyridine rings is 1. The molecule has 0 spiro atoms. The molecular weight excluding hydrogens is 306 g/mol. The van der Waals surface area contributed by atoms with Crippen LogP contribution in [0.5, 0.6) is 0 Å². The summed E-state index contributed by atoms with van der Waals surface area (Å²) >= 11 is -2.36. The van der Waals surface area contributed by atoms with Crippen molar-refractivity contribution in [2.75, 3.05) is 5.73 Å². The number of aromatic amines is 1. The van der Waals surface area contributed by atoms with Gasteiger partial charge in [0.05, 0.1) is 0 Å². The Morgan fingerprint density at radius 3 is 2.36 bits per heavy atom. The lowest BCUT2D eigenvalue weighted by molar-refractivity contribution is 0.539. The van der Waals surface area contributed by atoms with Crippen molar-refractivity contribution < 1.29 is 8.76 Å². The largest absolute Gasteiger partial charge is 0.760 e. The van der Waals surface area contributed by atoms with Gasteiger partial charge < -0.3 is 10.3 Å². The summed E-state index contributed by atoms with van der Waals surface area (Å²) in [7, 11) is 0. The van der Waals surface area contributed by atoms with E-state index in [1.807, 2.05) is 30.3 Å². The van der Waals surface area contributed by atoms with Crippen molar-refractivity contribution in [1.29, 1.82) is 0 Å². The maximum Gasteiger partial charge on any atom is 0.205 e. The van der Waals surface area contributed by atoms with Crippen LogP contribution in [-0.4, -0.2) is 34.4 Å². The highest BCUT2D eigenvalue weighted by Gasteiger charge is 2.10. The highest BCUT2D eigenvalue weighted by molar-refractivity contribution is 7.76. The predicted molar refractivity (Wildman–Crippen MR) is 80.4 cm³/mol. The molecule has 0 aliphatic rings. The van der Waals surface area contributed by atoms with Crippen LogP contribution in [0, 0.1) is 0 Å². The van der Waals surface area contributed by atoms with Crippen molar-refractivity contribution in [2.45, 2.75) is 0 Å². The number of nitrogens with one attached hydrogen (secondary N) is 1. The molecule has 1 aromatic carbocycles. The average molecular weight is 318 g/mol. The molecule has 2 aromatic heterocycles. The number of benzene rings is 1. The van der Waals surface area contributed by atoms with Crippen molar-refractivity contribution in [3.63, 3.8) is 0 Å². The average Bonchev–Trinajstić information content (AvgIpc) is 3.02. The first kappa shape index (κ1) is 15.7. The Labute approximate surface area is 128 Å². The fraction of sp³-hybridized carbons (Fsp3) is 0. The molecule has 0 saturated heterocycles. The van der Waals surface area contributed by atoms with Crippen molar-refractivity contribution in [3.05, 3.63) is 42.6 Å². The number of hydrogen-bond donors (Lipinski definition) is 3. The van der Waals surface area contributed by atoms with Gasteiger partial charge in [0.25, 0.3) is 0 Å². The van der Waals surface area contributed by atoms with Gasteiger partial charge in [0, 0.05) is 28.6 Å². The lowest BCUT2D eigenvalue weighted by Gasteiger charge is -2.06. The van der Waals surface area contributed by atoms with Gasteiger partial charge in [0.15, 0.2) is 0 Å². The summed E-state index contributed by atoms with van der Waals surface area (Å²) in [5, 5.41) is 18.0. The summed E-state index contributed by atoms with van der Waals surface area (Å²) in [4.78, 5) is 4.09. The number of tetrazole rings is 1. The lowest BCUT2D eigenvalue weighted by Crippen LogP contribution is -1.97. The standard InChI is InChI=1S/C12H10N6.H3NO2S/c13-11-6-5-8(7-14-11)9-3-1-2-4-10(9)12-15-17-18-16-12;1-4(2)3/h1-7H,(H2,13,14)(H,15,16,17,18);1H2,(H,2,3)/p-1. The Morgan fingerprint density at radius 2 is 1.82 bits per heavy atom. The molecule has 3 aromatic rings. The smallest absolute Gasteiger partial charge is 0.205 e. The molecule has 1 unspecified atom stereocenters. The first-order chi connectivity index (χ1) is 10.6.